The summed E-state index contributed by atoms with van der Waals surface area (Å²) in [5, 5.41) is 0.786. The Labute approximate surface area is 116 Å². The fourth-order valence-electron chi connectivity index (χ4n) is 1.26. The van der Waals surface area contributed by atoms with Crippen LogP contribution in [-0.4, -0.2) is 31.4 Å². The van der Waals surface area contributed by atoms with Crippen molar-refractivity contribution in [2.24, 2.45) is 0 Å². The molecule has 0 spiro atoms. The van der Waals surface area contributed by atoms with E-state index < -0.39 is 10.0 Å². The zero-order valence-corrected chi connectivity index (χ0v) is 12.2. The zero-order chi connectivity index (χ0) is 13.1. The molecule has 1 rings (SSSR count). The van der Waals surface area contributed by atoms with Gasteiger partial charge in [0.05, 0.1) is 15.8 Å². The molecule has 1 aromatic carbocycles. The van der Waals surface area contributed by atoms with E-state index in [0.29, 0.717) is 15.6 Å². The van der Waals surface area contributed by atoms with Crippen LogP contribution >= 0.6 is 34.8 Å². The van der Waals surface area contributed by atoms with Gasteiger partial charge in [0.2, 0.25) is 10.0 Å². The van der Waals surface area contributed by atoms with Crippen molar-refractivity contribution >= 4 is 44.8 Å². The number of nitrogens with zero attached hydrogens (tertiary/aromatic N) is 1. The van der Waals surface area contributed by atoms with Crippen LogP contribution in [-0.2, 0) is 16.6 Å². The molecule has 0 saturated heterocycles. The van der Waals surface area contributed by atoms with Crippen molar-refractivity contribution in [3.8, 4) is 0 Å². The molecule has 0 amide bonds. The van der Waals surface area contributed by atoms with Crippen LogP contribution in [0.3, 0.4) is 0 Å². The van der Waals surface area contributed by atoms with Crippen molar-refractivity contribution < 1.29 is 8.42 Å². The highest BCUT2D eigenvalue weighted by Gasteiger charge is 2.18. The summed E-state index contributed by atoms with van der Waals surface area (Å²) < 4.78 is 24.6. The van der Waals surface area contributed by atoms with Gasteiger partial charge in [0, 0.05) is 19.5 Å². The van der Waals surface area contributed by atoms with Gasteiger partial charge in [-0.2, -0.15) is 0 Å². The predicted molar refractivity (Wildman–Crippen MR) is 72.4 cm³/mol. The highest BCUT2D eigenvalue weighted by molar-refractivity contribution is 7.89. The van der Waals surface area contributed by atoms with Gasteiger partial charge in [-0.1, -0.05) is 35.3 Å². The molecule has 0 saturated carbocycles. The van der Waals surface area contributed by atoms with E-state index in [9.17, 15) is 8.42 Å². The lowest BCUT2D eigenvalue weighted by molar-refractivity contribution is 0.468. The molecule has 96 valence electrons. The summed E-state index contributed by atoms with van der Waals surface area (Å²) in [7, 11) is -1.85. The maximum atomic E-state index is 11.7. The highest BCUT2D eigenvalue weighted by Crippen LogP contribution is 2.26. The van der Waals surface area contributed by atoms with Gasteiger partial charge in [-0.15, -0.1) is 11.6 Å². The van der Waals surface area contributed by atoms with Gasteiger partial charge in [0.25, 0.3) is 0 Å². The molecule has 0 aliphatic heterocycles. The van der Waals surface area contributed by atoms with E-state index in [1.54, 1.807) is 18.2 Å². The number of rotatable bonds is 5. The van der Waals surface area contributed by atoms with E-state index in [2.05, 4.69) is 0 Å². The van der Waals surface area contributed by atoms with Gasteiger partial charge in [-0.05, 0) is 11.6 Å². The Bertz CT molecular complexity index is 490. The molecule has 7 heteroatoms. The van der Waals surface area contributed by atoms with Crippen molar-refractivity contribution in [1.29, 1.82) is 0 Å². The van der Waals surface area contributed by atoms with Crippen molar-refractivity contribution in [2.75, 3.05) is 18.7 Å². The molecule has 0 bridgehead atoms. The zero-order valence-electron chi connectivity index (χ0n) is 9.16. The minimum atomic E-state index is -3.34. The maximum absolute atomic E-state index is 11.7. The molecule has 17 heavy (non-hydrogen) atoms. The Balaban J connectivity index is 2.88. The third-order valence-electron chi connectivity index (χ3n) is 2.23. The van der Waals surface area contributed by atoms with E-state index >= 15 is 0 Å². The van der Waals surface area contributed by atoms with E-state index in [0.717, 1.165) is 0 Å². The molecule has 1 aromatic rings. The Morgan fingerprint density at radius 1 is 1.29 bits per heavy atom. The highest BCUT2D eigenvalue weighted by atomic mass is 35.5. The first-order valence-electron chi connectivity index (χ1n) is 4.81. The molecule has 0 aliphatic carbocycles. The summed E-state index contributed by atoms with van der Waals surface area (Å²) in [6.07, 6.45) is 0. The van der Waals surface area contributed by atoms with Gasteiger partial charge in [0.1, 0.15) is 0 Å². The van der Waals surface area contributed by atoms with Crippen LogP contribution < -0.4 is 0 Å². The Morgan fingerprint density at radius 3 is 2.53 bits per heavy atom. The van der Waals surface area contributed by atoms with Crippen LogP contribution in [0.25, 0.3) is 0 Å². The molecular formula is C10H12Cl3NO2S. The Morgan fingerprint density at radius 2 is 1.94 bits per heavy atom. The topological polar surface area (TPSA) is 37.4 Å². The van der Waals surface area contributed by atoms with Gasteiger partial charge in [-0.3, -0.25) is 0 Å². The average Bonchev–Trinajstić information content (AvgIpc) is 2.24. The molecule has 0 radical (unpaired) electrons. The lowest BCUT2D eigenvalue weighted by Crippen LogP contribution is -2.29. The third-order valence-corrected chi connectivity index (χ3v) is 5.30. The summed E-state index contributed by atoms with van der Waals surface area (Å²) in [5.74, 6) is -0.0286. The molecule has 0 atom stereocenters. The fourth-order valence-corrected chi connectivity index (χ4v) is 3.07. The summed E-state index contributed by atoms with van der Waals surface area (Å²) in [4.78, 5) is 0. The van der Waals surface area contributed by atoms with E-state index in [1.807, 2.05) is 0 Å². The third kappa shape index (κ3) is 4.00. The molecule has 0 aromatic heterocycles. The second-order valence-electron chi connectivity index (χ2n) is 3.47. The van der Waals surface area contributed by atoms with E-state index in [1.165, 1.54) is 11.4 Å². The number of alkyl halides is 1. The Hall–Kier alpha value is -0.000000000000000111. The summed E-state index contributed by atoms with van der Waals surface area (Å²) in [5.41, 5.74) is 0.666. The van der Waals surface area contributed by atoms with Gasteiger partial charge >= 0.3 is 0 Å². The number of hydrogen-bond acceptors (Lipinski definition) is 2. The number of halogens is 3. The van der Waals surface area contributed by atoms with Crippen LogP contribution in [0.5, 0.6) is 0 Å². The molecule has 0 N–H and O–H groups in total. The predicted octanol–water partition coefficient (Wildman–Crippen LogP) is 2.99. The van der Waals surface area contributed by atoms with Gasteiger partial charge in [-0.25, -0.2) is 12.7 Å². The fraction of sp³-hybridized carbons (Fsp3) is 0.400. The van der Waals surface area contributed by atoms with E-state index in [-0.39, 0.29) is 18.2 Å². The van der Waals surface area contributed by atoms with Crippen LogP contribution in [0, 0.1) is 0 Å². The molecule has 0 unspecified atom stereocenters. The Kier molecular flexibility index (Phi) is 5.54. The van der Waals surface area contributed by atoms with Crippen LogP contribution in [0.2, 0.25) is 10.0 Å². The second-order valence-corrected chi connectivity index (χ2v) is 6.83. The van der Waals surface area contributed by atoms with Gasteiger partial charge < -0.3 is 0 Å². The smallest absolute Gasteiger partial charge is 0.212 e. The number of sulfonamides is 1. The first kappa shape index (κ1) is 15.1. The minimum Gasteiger partial charge on any atom is -0.212 e. The minimum absolute atomic E-state index is 0.0654. The van der Waals surface area contributed by atoms with Crippen molar-refractivity contribution in [2.45, 2.75) is 6.54 Å². The number of benzene rings is 1. The van der Waals surface area contributed by atoms with Crippen molar-refractivity contribution in [3.05, 3.63) is 33.8 Å². The van der Waals surface area contributed by atoms with Crippen LogP contribution in [0.4, 0.5) is 0 Å². The summed E-state index contributed by atoms with van der Waals surface area (Å²) >= 11 is 17.3. The first-order valence-corrected chi connectivity index (χ1v) is 7.71. The van der Waals surface area contributed by atoms with Crippen LogP contribution in [0.15, 0.2) is 18.2 Å². The monoisotopic (exact) mass is 315 g/mol. The standard InChI is InChI=1S/C10H12Cl3NO2S/c1-14(17(15,16)6-5-11)7-8-3-2-4-9(12)10(8)13/h2-4H,5-7H2,1H3. The molecule has 0 aliphatic rings. The largest absolute Gasteiger partial charge is 0.215 e. The summed E-state index contributed by atoms with van der Waals surface area (Å²) in [6.45, 7) is 0.179. The van der Waals surface area contributed by atoms with E-state index in [4.69, 9.17) is 34.8 Å². The summed E-state index contributed by atoms with van der Waals surface area (Å²) in [6, 6.07) is 5.12. The quantitative estimate of drug-likeness (QED) is 0.783. The van der Waals surface area contributed by atoms with Crippen molar-refractivity contribution in [1.82, 2.24) is 4.31 Å². The molecule has 0 heterocycles. The van der Waals surface area contributed by atoms with Crippen LogP contribution in [0.1, 0.15) is 5.56 Å². The molecular weight excluding hydrogens is 305 g/mol. The molecule has 3 nitrogen and oxygen atoms in total. The lowest BCUT2D eigenvalue weighted by Gasteiger charge is -2.17. The molecule has 0 fully saturated rings. The van der Waals surface area contributed by atoms with Crippen molar-refractivity contribution in [3.63, 3.8) is 0 Å². The average molecular weight is 317 g/mol. The first-order chi connectivity index (χ1) is 7.88. The normalized spacial score (nSPS) is 12.1. The second kappa shape index (κ2) is 6.25. The van der Waals surface area contributed by atoms with Gasteiger partial charge in [0.15, 0.2) is 0 Å². The number of hydrogen-bond donors (Lipinski definition) is 0. The lowest BCUT2D eigenvalue weighted by atomic mass is 10.2. The maximum Gasteiger partial charge on any atom is 0.215 e. The SMILES string of the molecule is CN(Cc1cccc(Cl)c1Cl)S(=O)(=O)CCCl.